The van der Waals surface area contributed by atoms with E-state index in [4.69, 9.17) is 3.83 Å². The van der Waals surface area contributed by atoms with Crippen molar-refractivity contribution in [2.45, 2.75) is 18.7 Å². The van der Waals surface area contributed by atoms with Crippen molar-refractivity contribution >= 4 is 56.8 Å². The number of benzene rings is 2. The molecule has 4 rings (SSSR count). The highest BCUT2D eigenvalue weighted by atomic mass is 79.9. The monoisotopic (exact) mass is 519 g/mol. The van der Waals surface area contributed by atoms with Crippen molar-refractivity contribution in [3.8, 4) is 11.1 Å². The van der Waals surface area contributed by atoms with Gasteiger partial charge >= 0.3 is 12.0 Å². The molecule has 1 atom stereocenters. The molecule has 10 heteroatoms. The molecule has 0 aliphatic carbocycles. The Morgan fingerprint density at radius 2 is 2.09 bits per heavy atom. The Morgan fingerprint density at radius 1 is 1.31 bits per heavy atom. The molecule has 0 bridgehead atoms. The number of carbonyl (C=O) groups is 3. The number of urea groups is 1. The van der Waals surface area contributed by atoms with E-state index in [-0.39, 0.29) is 24.0 Å². The normalized spacial score (nSPS) is 14.7. The minimum atomic E-state index is -0.682. The van der Waals surface area contributed by atoms with Crippen LogP contribution >= 0.6 is 28.0 Å². The number of thioether (sulfide) groups is 1. The number of imide groups is 1. The maximum Gasteiger partial charge on any atom is 0.366 e. The maximum atomic E-state index is 14.7. The summed E-state index contributed by atoms with van der Waals surface area (Å²) in [5.41, 5.74) is 2.88. The number of aromatic nitrogens is 1. The van der Waals surface area contributed by atoms with Gasteiger partial charge in [-0.05, 0) is 35.9 Å². The van der Waals surface area contributed by atoms with Crippen LogP contribution in [0.5, 0.6) is 0 Å². The van der Waals surface area contributed by atoms with Gasteiger partial charge in [-0.15, -0.1) is 0 Å². The molecule has 1 saturated heterocycles. The van der Waals surface area contributed by atoms with Gasteiger partial charge in [0.1, 0.15) is 11.5 Å². The lowest BCUT2D eigenvalue weighted by Gasteiger charge is -2.22. The zero-order valence-electron chi connectivity index (χ0n) is 17.2. The molecule has 32 heavy (non-hydrogen) atoms. The van der Waals surface area contributed by atoms with E-state index < -0.39 is 18.0 Å². The van der Waals surface area contributed by atoms with Gasteiger partial charge in [0.15, 0.2) is 16.3 Å². The van der Waals surface area contributed by atoms with E-state index in [1.807, 2.05) is 6.26 Å². The summed E-state index contributed by atoms with van der Waals surface area (Å²) >= 11 is 4.24. The second-order valence-electron chi connectivity index (χ2n) is 7.35. The van der Waals surface area contributed by atoms with Crippen LogP contribution < -0.4 is 5.32 Å². The molecule has 0 spiro atoms. The van der Waals surface area contributed by atoms with Gasteiger partial charge in [-0.1, -0.05) is 30.3 Å². The van der Waals surface area contributed by atoms with E-state index in [1.54, 1.807) is 37.3 Å². The second-order valence-corrected chi connectivity index (χ2v) is 8.54. The molecule has 1 aromatic heterocycles. The third kappa shape index (κ3) is 3.77. The third-order valence-electron chi connectivity index (χ3n) is 5.50. The fourth-order valence-electron chi connectivity index (χ4n) is 4.02. The highest BCUT2D eigenvalue weighted by molar-refractivity contribution is 9.06. The van der Waals surface area contributed by atoms with Crippen molar-refractivity contribution in [2.24, 2.45) is 0 Å². The lowest BCUT2D eigenvalue weighted by molar-refractivity contribution is -0.126. The van der Waals surface area contributed by atoms with Gasteiger partial charge in [0.25, 0.3) is 5.91 Å². The third-order valence-corrected chi connectivity index (χ3v) is 6.39. The Balaban J connectivity index is 1.91. The lowest BCUT2D eigenvalue weighted by Crippen LogP contribution is -2.33. The molecule has 2 heterocycles. The molecular formula is C22H19BrFN3O4S. The average molecular weight is 520 g/mol. The largest absolute Gasteiger partial charge is 0.379 e. The number of nitrogens with zero attached hydrogens (tertiary/aromatic N) is 1. The van der Waals surface area contributed by atoms with Gasteiger partial charge in [0, 0.05) is 16.7 Å². The first-order valence-electron chi connectivity index (χ1n) is 9.72. The van der Waals surface area contributed by atoms with Crippen LogP contribution in [0.1, 0.15) is 34.6 Å². The molecule has 1 unspecified atom stereocenters. The van der Waals surface area contributed by atoms with Crippen molar-refractivity contribution in [1.82, 2.24) is 15.2 Å². The Kier molecular flexibility index (Phi) is 6.25. The number of H-pyrrole nitrogens is 1. The van der Waals surface area contributed by atoms with Crippen LogP contribution in [-0.2, 0) is 14.4 Å². The summed E-state index contributed by atoms with van der Waals surface area (Å²) in [6.45, 7) is 1.68. The van der Waals surface area contributed by atoms with Gasteiger partial charge in [-0.3, -0.25) is 9.69 Å². The number of amides is 3. The molecule has 1 aliphatic heterocycles. The van der Waals surface area contributed by atoms with Gasteiger partial charge in [0.2, 0.25) is 0 Å². The van der Waals surface area contributed by atoms with Crippen molar-refractivity contribution in [1.29, 1.82) is 0 Å². The number of nitrogens with one attached hydrogen (secondary N) is 2. The van der Waals surface area contributed by atoms with Crippen molar-refractivity contribution in [2.75, 3.05) is 12.8 Å². The van der Waals surface area contributed by atoms with Gasteiger partial charge in [-0.2, -0.15) is 11.8 Å². The molecule has 0 saturated carbocycles. The first kappa shape index (κ1) is 22.3. The Morgan fingerprint density at radius 3 is 2.72 bits per heavy atom. The molecule has 3 amide bonds. The number of rotatable bonds is 6. The van der Waals surface area contributed by atoms with Crippen molar-refractivity contribution < 1.29 is 22.6 Å². The number of carbonyl (C=O) groups excluding carboxylic acids is 3. The fraction of sp³-hybridized carbons (Fsp3) is 0.227. The van der Waals surface area contributed by atoms with E-state index >= 15 is 0 Å². The SMILES string of the molecule is CSCc1ccc(-c2c(C(=O)OBr)[nH]c3c(C(C)N4C(=O)CNC4=O)cccc23)cc1F. The Hall–Kier alpha value is -2.85. The lowest BCUT2D eigenvalue weighted by atomic mass is 9.97. The molecular weight excluding hydrogens is 501 g/mol. The van der Waals surface area contributed by atoms with Gasteiger partial charge in [-0.25, -0.2) is 14.0 Å². The van der Waals surface area contributed by atoms with Gasteiger partial charge in [0.05, 0.1) is 18.1 Å². The first-order valence-corrected chi connectivity index (χ1v) is 11.8. The van der Waals surface area contributed by atoms with E-state index in [0.717, 1.165) is 4.90 Å². The van der Waals surface area contributed by atoms with Crippen LogP contribution in [0.15, 0.2) is 36.4 Å². The van der Waals surface area contributed by atoms with Crippen LogP contribution in [-0.4, -0.2) is 40.6 Å². The zero-order chi connectivity index (χ0) is 23.0. The smallest absolute Gasteiger partial charge is 0.366 e. The summed E-state index contributed by atoms with van der Waals surface area (Å²) in [6, 6.07) is 9.13. The molecule has 1 fully saturated rings. The van der Waals surface area contributed by atoms with Crippen LogP contribution in [0.4, 0.5) is 9.18 Å². The molecule has 2 aromatic carbocycles. The predicted octanol–water partition coefficient (Wildman–Crippen LogP) is 4.92. The highest BCUT2D eigenvalue weighted by Crippen LogP contribution is 2.38. The summed E-state index contributed by atoms with van der Waals surface area (Å²) in [7, 11) is 0. The fourth-order valence-corrected chi connectivity index (χ4v) is 4.73. The summed E-state index contributed by atoms with van der Waals surface area (Å²) in [5, 5.41) is 3.16. The zero-order valence-corrected chi connectivity index (χ0v) is 19.6. The summed E-state index contributed by atoms with van der Waals surface area (Å²) in [6.07, 6.45) is 1.89. The number of hydrogen-bond acceptors (Lipinski definition) is 5. The minimum absolute atomic E-state index is 0.0576. The number of aromatic amines is 1. The highest BCUT2D eigenvalue weighted by Gasteiger charge is 2.35. The summed E-state index contributed by atoms with van der Waals surface area (Å²) in [5.74, 6) is -0.853. The summed E-state index contributed by atoms with van der Waals surface area (Å²) < 4.78 is 19.5. The topological polar surface area (TPSA) is 91.5 Å². The molecule has 166 valence electrons. The van der Waals surface area contributed by atoms with Gasteiger partial charge < -0.3 is 14.1 Å². The predicted molar refractivity (Wildman–Crippen MR) is 124 cm³/mol. The number of fused-ring (bicyclic) bond motifs is 1. The van der Waals surface area contributed by atoms with E-state index in [9.17, 15) is 18.8 Å². The summed E-state index contributed by atoms with van der Waals surface area (Å²) in [4.78, 5) is 41.2. The first-order chi connectivity index (χ1) is 15.4. The van der Waals surface area contributed by atoms with Crippen LogP contribution in [0.3, 0.4) is 0 Å². The van der Waals surface area contributed by atoms with Crippen molar-refractivity contribution in [3.63, 3.8) is 0 Å². The Labute approximate surface area is 196 Å². The van der Waals surface area contributed by atoms with Crippen LogP contribution in [0, 0.1) is 5.82 Å². The molecule has 2 N–H and O–H groups in total. The number of hydrogen-bond donors (Lipinski definition) is 2. The second kappa shape index (κ2) is 8.95. The standard InChI is InChI=1S/C22H19BrFN3O4S/c1-11(27-17(28)9-25-22(27)30)14-4-3-5-15-18(20(21(29)31-23)26-19(14)15)12-6-7-13(10-32-2)16(24)8-12/h3-8,11,26H,9-10H2,1-2H3,(H,25,30). The van der Waals surface area contributed by atoms with Crippen LogP contribution in [0.25, 0.3) is 22.0 Å². The van der Waals surface area contributed by atoms with E-state index in [0.29, 0.717) is 38.9 Å². The Bertz CT molecular complexity index is 1230. The molecule has 7 nitrogen and oxygen atoms in total. The average Bonchev–Trinajstić information content (AvgIpc) is 3.34. The number of halogens is 2. The molecule has 1 aliphatic rings. The molecule has 3 aromatic rings. The number of para-hydroxylation sites is 1. The minimum Gasteiger partial charge on any atom is -0.379 e. The van der Waals surface area contributed by atoms with E-state index in [1.165, 1.54) is 17.8 Å². The van der Waals surface area contributed by atoms with Crippen molar-refractivity contribution in [3.05, 3.63) is 59.0 Å². The quantitative estimate of drug-likeness (QED) is 0.451. The van der Waals surface area contributed by atoms with Crippen LogP contribution in [0.2, 0.25) is 0 Å². The molecule has 0 radical (unpaired) electrons. The maximum absolute atomic E-state index is 14.7. The van der Waals surface area contributed by atoms with E-state index in [2.05, 4.69) is 26.6 Å².